The van der Waals surface area contributed by atoms with Gasteiger partial charge in [0, 0.05) is 23.7 Å². The van der Waals surface area contributed by atoms with Crippen molar-refractivity contribution in [3.8, 4) is 23.0 Å². The topological polar surface area (TPSA) is 47.7 Å². The highest BCUT2D eigenvalue weighted by atomic mass is 16.5. The van der Waals surface area contributed by atoms with E-state index in [1.165, 1.54) is 5.39 Å². The van der Waals surface area contributed by atoms with Gasteiger partial charge in [0.05, 0.1) is 17.1 Å². The van der Waals surface area contributed by atoms with Crippen molar-refractivity contribution in [2.24, 2.45) is 0 Å². The van der Waals surface area contributed by atoms with Gasteiger partial charge in [-0.2, -0.15) is 5.10 Å². The third kappa shape index (κ3) is 1.12. The van der Waals surface area contributed by atoms with Gasteiger partial charge < -0.3 is 4.74 Å². The molecular weight excluding hydrogens is 350 g/mol. The van der Waals surface area contributed by atoms with Gasteiger partial charge in [-0.25, -0.2) is 4.98 Å². The second kappa shape index (κ2) is 3.89. The third-order valence-electron chi connectivity index (χ3n) is 6.29. The number of aromatic nitrogens is 5. The van der Waals surface area contributed by atoms with Crippen LogP contribution in [0, 0.1) is 6.92 Å². The highest BCUT2D eigenvalue weighted by Gasteiger charge is 2.71. The lowest BCUT2D eigenvalue weighted by atomic mass is 10.00. The van der Waals surface area contributed by atoms with Crippen molar-refractivity contribution in [3.63, 3.8) is 0 Å². The normalized spacial score (nSPS) is 19.3. The molecule has 0 N–H and O–H groups in total. The van der Waals surface area contributed by atoms with Gasteiger partial charge in [0.1, 0.15) is 11.2 Å². The van der Waals surface area contributed by atoms with Gasteiger partial charge in [-0.1, -0.05) is 4.57 Å². The summed E-state index contributed by atoms with van der Waals surface area (Å²) in [6.07, 6.45) is 4.09. The lowest BCUT2D eigenvalue weighted by Gasteiger charge is -2.23. The molecule has 7 heterocycles. The van der Waals surface area contributed by atoms with Crippen LogP contribution in [0.3, 0.4) is 0 Å². The molecule has 0 fully saturated rings. The van der Waals surface area contributed by atoms with Crippen molar-refractivity contribution in [3.05, 3.63) is 72.2 Å². The molecule has 0 radical (unpaired) electrons. The molecule has 28 heavy (non-hydrogen) atoms. The number of nitrogens with zero attached hydrogens (tertiary/aromatic N) is 5. The van der Waals surface area contributed by atoms with E-state index in [0.29, 0.717) is 0 Å². The molecule has 8 rings (SSSR count). The second-order valence-electron chi connectivity index (χ2n) is 7.68. The minimum atomic E-state index is -0.645. The fourth-order valence-corrected chi connectivity index (χ4v) is 5.39. The van der Waals surface area contributed by atoms with Crippen LogP contribution in [-0.4, -0.2) is 14.8 Å². The second-order valence-corrected chi connectivity index (χ2v) is 7.68. The number of rotatable bonds is 0. The maximum absolute atomic E-state index is 6.40. The van der Waals surface area contributed by atoms with Crippen LogP contribution in [0.4, 0.5) is 0 Å². The van der Waals surface area contributed by atoms with Crippen LogP contribution >= 0.6 is 0 Å². The van der Waals surface area contributed by atoms with Crippen molar-refractivity contribution in [2.45, 2.75) is 12.7 Å². The Kier molecular flexibility index (Phi) is 1.86. The van der Waals surface area contributed by atoms with Gasteiger partial charge in [0.15, 0.2) is 17.5 Å². The number of ether oxygens (including phenoxy) is 1. The molecule has 0 bridgehead atoms. The van der Waals surface area contributed by atoms with Crippen LogP contribution in [0.15, 0.2) is 60.9 Å². The Morgan fingerprint density at radius 1 is 1.11 bits per heavy atom. The number of hydrogen-bond acceptors (Lipinski definition) is 3. The molecule has 0 aliphatic carbocycles. The predicted molar refractivity (Wildman–Crippen MR) is 100.0 cm³/mol. The van der Waals surface area contributed by atoms with Crippen LogP contribution in [0.5, 0.6) is 11.6 Å². The summed E-state index contributed by atoms with van der Waals surface area (Å²) in [5.74, 6) is 1.05. The van der Waals surface area contributed by atoms with Crippen LogP contribution in [0.1, 0.15) is 11.3 Å². The van der Waals surface area contributed by atoms with Gasteiger partial charge >= 0.3 is 11.7 Å². The Morgan fingerprint density at radius 3 is 3.04 bits per heavy atom. The summed E-state index contributed by atoms with van der Waals surface area (Å²) in [7, 11) is 0. The minimum absolute atomic E-state index is 0.645. The Morgan fingerprint density at radius 2 is 2.07 bits per heavy atom. The van der Waals surface area contributed by atoms with E-state index in [0.717, 1.165) is 50.7 Å². The number of benzene rings is 1. The number of pyridine rings is 3. The van der Waals surface area contributed by atoms with E-state index >= 15 is 0 Å². The van der Waals surface area contributed by atoms with Crippen molar-refractivity contribution >= 4 is 21.8 Å². The summed E-state index contributed by atoms with van der Waals surface area (Å²) in [5.41, 5.74) is 6.43. The van der Waals surface area contributed by atoms with Crippen LogP contribution in [0.25, 0.3) is 33.2 Å². The van der Waals surface area contributed by atoms with Crippen molar-refractivity contribution in [1.29, 1.82) is 0 Å². The molecule has 4 aromatic heterocycles. The van der Waals surface area contributed by atoms with Crippen molar-refractivity contribution < 1.29 is 13.9 Å². The molecule has 5 aromatic rings. The summed E-state index contributed by atoms with van der Waals surface area (Å²) in [6, 6.07) is 16.7. The Balaban J connectivity index is 1.75. The van der Waals surface area contributed by atoms with Gasteiger partial charge in [0.2, 0.25) is 11.2 Å². The van der Waals surface area contributed by atoms with E-state index in [1.54, 1.807) is 0 Å². The van der Waals surface area contributed by atoms with E-state index in [4.69, 9.17) is 14.8 Å². The standard InChI is InChI=1S/C22H13N5O/c1-12-10-16-15-5-2-6-18-26(15)22(27(16)24-12)20-17(28-18)8-7-13-11-23-14-4-3-9-25(22)21(14)19(13)20/h2-11H,1H3/q+2. The van der Waals surface area contributed by atoms with Crippen molar-refractivity contribution in [1.82, 2.24) is 14.8 Å². The first-order valence-corrected chi connectivity index (χ1v) is 9.36. The maximum atomic E-state index is 6.40. The predicted octanol–water partition coefficient (Wildman–Crippen LogP) is 2.62. The average molecular weight is 363 g/mol. The lowest BCUT2D eigenvalue weighted by molar-refractivity contribution is -0.969. The first-order chi connectivity index (χ1) is 13.8. The molecule has 130 valence electrons. The smallest absolute Gasteiger partial charge is 0.404 e. The third-order valence-corrected chi connectivity index (χ3v) is 6.29. The summed E-state index contributed by atoms with van der Waals surface area (Å²) in [5, 5.41) is 7.27. The minimum Gasteiger partial charge on any atom is -0.404 e. The Bertz CT molecular complexity index is 1570. The van der Waals surface area contributed by atoms with E-state index in [9.17, 15) is 0 Å². The van der Waals surface area contributed by atoms with Gasteiger partial charge in [-0.3, -0.25) is 0 Å². The fourth-order valence-electron chi connectivity index (χ4n) is 5.39. The van der Waals surface area contributed by atoms with E-state index in [-0.39, 0.29) is 0 Å². The monoisotopic (exact) mass is 363 g/mol. The zero-order chi connectivity index (χ0) is 18.2. The zero-order valence-electron chi connectivity index (χ0n) is 14.9. The first kappa shape index (κ1) is 13.4. The van der Waals surface area contributed by atoms with Gasteiger partial charge in [-0.15, -0.1) is 9.25 Å². The molecule has 0 saturated carbocycles. The average Bonchev–Trinajstić information content (AvgIpc) is 3.34. The highest BCUT2D eigenvalue weighted by molar-refractivity contribution is 6.06. The summed E-state index contributed by atoms with van der Waals surface area (Å²) < 4.78 is 13.1. The van der Waals surface area contributed by atoms with Gasteiger partial charge in [-0.05, 0) is 37.3 Å². The lowest BCUT2D eigenvalue weighted by Crippen LogP contribution is -2.75. The summed E-state index contributed by atoms with van der Waals surface area (Å²) in [6.45, 7) is 2.05. The number of fused-ring (bicyclic) bond motifs is 2. The number of hydrogen-bond donors (Lipinski definition) is 0. The molecule has 1 atom stereocenters. The first-order valence-electron chi connectivity index (χ1n) is 9.36. The van der Waals surface area contributed by atoms with E-state index in [1.807, 2.05) is 25.3 Å². The summed E-state index contributed by atoms with van der Waals surface area (Å²) in [4.78, 5) is 4.72. The molecule has 1 aromatic carbocycles. The summed E-state index contributed by atoms with van der Waals surface area (Å²) >= 11 is 0. The Hall–Kier alpha value is -3.80. The molecular formula is C22H13N5O+2. The van der Waals surface area contributed by atoms with Crippen molar-refractivity contribution in [2.75, 3.05) is 0 Å². The van der Waals surface area contributed by atoms with Crippen LogP contribution in [-0.2, 0) is 5.79 Å². The molecule has 0 saturated heterocycles. The quantitative estimate of drug-likeness (QED) is 0.307. The largest absolute Gasteiger partial charge is 0.504 e. The molecule has 1 unspecified atom stereocenters. The zero-order valence-corrected chi connectivity index (χ0v) is 14.9. The molecule has 1 spiro atoms. The van der Waals surface area contributed by atoms with E-state index < -0.39 is 5.79 Å². The maximum Gasteiger partial charge on any atom is 0.504 e. The van der Waals surface area contributed by atoms with Gasteiger partial charge in [0.25, 0.3) is 0 Å². The van der Waals surface area contributed by atoms with Crippen LogP contribution < -0.4 is 13.9 Å². The highest BCUT2D eigenvalue weighted by Crippen LogP contribution is 2.50. The van der Waals surface area contributed by atoms with E-state index in [2.05, 4.69) is 56.4 Å². The molecule has 0 amide bonds. The van der Waals surface area contributed by atoms with Crippen LogP contribution in [0.2, 0.25) is 0 Å². The Labute approximate surface area is 158 Å². The molecule has 3 aliphatic rings. The molecule has 6 heteroatoms. The fraction of sp³-hybridized carbons (Fsp3) is 0.0909. The molecule has 3 aliphatic heterocycles. The SMILES string of the molecule is Cc1cc2n(n1)C13c4c(ccc5cnc6ccc[n+]1c6c45)Oc1cccc-2[n+]13. The number of aryl methyl sites for hydroxylation is 1. The molecule has 6 nitrogen and oxygen atoms in total.